The topological polar surface area (TPSA) is 74.8 Å². The Kier molecular flexibility index (Phi) is 5.79. The molecule has 3 aromatic rings. The molecule has 1 amide bonds. The lowest BCUT2D eigenvalue weighted by atomic mass is 10.0. The molecule has 0 atom stereocenters. The van der Waals surface area contributed by atoms with E-state index in [4.69, 9.17) is 0 Å². The lowest BCUT2D eigenvalue weighted by Gasteiger charge is -2.23. The summed E-state index contributed by atoms with van der Waals surface area (Å²) in [4.78, 5) is 29.9. The third-order valence-electron chi connectivity index (χ3n) is 6.38. The van der Waals surface area contributed by atoms with Gasteiger partial charge in [-0.2, -0.15) is 0 Å². The number of hydrogen-bond donors (Lipinski definition) is 0. The van der Waals surface area contributed by atoms with Gasteiger partial charge < -0.3 is 4.90 Å². The Hall–Kier alpha value is -3.36. The maximum Gasteiger partial charge on any atom is 0.253 e. The van der Waals surface area contributed by atoms with Gasteiger partial charge >= 0.3 is 0 Å². The van der Waals surface area contributed by atoms with Crippen LogP contribution in [0.2, 0.25) is 0 Å². The predicted molar refractivity (Wildman–Crippen MR) is 124 cm³/mol. The summed E-state index contributed by atoms with van der Waals surface area (Å²) in [5.74, 6) is -0.882. The lowest BCUT2D eigenvalue weighted by molar-refractivity contribution is 0.0760. The van der Waals surface area contributed by atoms with Gasteiger partial charge in [-0.05, 0) is 54.4 Å². The zero-order chi connectivity index (χ0) is 23.9. The minimum atomic E-state index is -3.90. The Morgan fingerprint density at radius 2 is 1.59 bits per heavy atom. The molecule has 0 aliphatic carbocycles. The molecule has 0 bridgehead atoms. The molecule has 174 valence electrons. The zero-order valence-electron chi connectivity index (χ0n) is 18.4. The van der Waals surface area contributed by atoms with Crippen molar-refractivity contribution in [3.63, 3.8) is 0 Å². The van der Waals surface area contributed by atoms with Crippen LogP contribution in [0.15, 0.2) is 76.5 Å². The van der Waals surface area contributed by atoms with Crippen molar-refractivity contribution < 1.29 is 22.4 Å². The van der Waals surface area contributed by atoms with Gasteiger partial charge in [0.05, 0.1) is 9.79 Å². The molecule has 0 radical (unpaired) electrons. The van der Waals surface area contributed by atoms with Crippen LogP contribution in [0.4, 0.5) is 4.39 Å². The highest BCUT2D eigenvalue weighted by molar-refractivity contribution is 7.91. The molecule has 5 rings (SSSR count). The maximum absolute atomic E-state index is 13.3. The molecule has 0 spiro atoms. The largest absolute Gasteiger partial charge is 0.337 e. The Morgan fingerprint density at radius 3 is 2.38 bits per heavy atom. The number of benzene rings is 3. The molecule has 0 saturated carbocycles. The Morgan fingerprint density at radius 1 is 0.853 bits per heavy atom. The summed E-state index contributed by atoms with van der Waals surface area (Å²) in [5.41, 5.74) is 1.51. The van der Waals surface area contributed by atoms with Gasteiger partial charge in [0.1, 0.15) is 5.82 Å². The highest BCUT2D eigenvalue weighted by atomic mass is 32.2. The zero-order valence-corrected chi connectivity index (χ0v) is 19.2. The number of ketones is 1. The second kappa shape index (κ2) is 8.77. The van der Waals surface area contributed by atoms with Crippen LogP contribution < -0.4 is 0 Å². The fourth-order valence-corrected chi connectivity index (χ4v) is 6.26. The number of carbonyl (C=O) groups excluding carboxylic acids is 2. The summed E-state index contributed by atoms with van der Waals surface area (Å²) in [5, 5.41) is 0. The molecule has 2 heterocycles. The van der Waals surface area contributed by atoms with Gasteiger partial charge in [-0.1, -0.05) is 24.3 Å². The van der Waals surface area contributed by atoms with Crippen LogP contribution in [-0.4, -0.2) is 56.1 Å². The average molecular weight is 479 g/mol. The smallest absolute Gasteiger partial charge is 0.253 e. The van der Waals surface area contributed by atoms with Gasteiger partial charge in [0.2, 0.25) is 9.84 Å². The van der Waals surface area contributed by atoms with E-state index in [0.29, 0.717) is 26.2 Å². The first-order valence-electron chi connectivity index (χ1n) is 11.1. The second-order valence-corrected chi connectivity index (χ2v) is 10.5. The number of sulfone groups is 1. The van der Waals surface area contributed by atoms with Crippen LogP contribution in [0.3, 0.4) is 0 Å². The molecule has 6 nitrogen and oxygen atoms in total. The predicted octanol–water partition coefficient (Wildman–Crippen LogP) is 3.55. The first kappa shape index (κ1) is 22.4. The molecule has 1 saturated heterocycles. The van der Waals surface area contributed by atoms with E-state index in [-0.39, 0.29) is 44.0 Å². The van der Waals surface area contributed by atoms with Crippen LogP contribution in [0, 0.1) is 5.82 Å². The van der Waals surface area contributed by atoms with Gasteiger partial charge in [-0.3, -0.25) is 14.5 Å². The van der Waals surface area contributed by atoms with Crippen LogP contribution in [0.5, 0.6) is 0 Å². The van der Waals surface area contributed by atoms with Gasteiger partial charge in [0, 0.05) is 49.4 Å². The van der Waals surface area contributed by atoms with Crippen LogP contribution >= 0.6 is 0 Å². The monoisotopic (exact) mass is 478 g/mol. The van der Waals surface area contributed by atoms with E-state index in [1.807, 2.05) is 0 Å². The summed E-state index contributed by atoms with van der Waals surface area (Å²) in [6.07, 6.45) is 0.766. The normalized spacial score (nSPS) is 17.6. The van der Waals surface area contributed by atoms with Crippen molar-refractivity contribution in [1.29, 1.82) is 0 Å². The molecule has 2 aliphatic heterocycles. The van der Waals surface area contributed by atoms with E-state index in [2.05, 4.69) is 4.90 Å². The minimum absolute atomic E-state index is 0.0247. The van der Waals surface area contributed by atoms with Crippen molar-refractivity contribution in [2.24, 2.45) is 0 Å². The fourth-order valence-electron chi connectivity index (χ4n) is 4.58. The van der Waals surface area contributed by atoms with Crippen molar-refractivity contribution in [2.45, 2.75) is 22.8 Å². The Bertz CT molecular complexity index is 1390. The highest BCUT2D eigenvalue weighted by Gasteiger charge is 2.35. The average Bonchev–Trinajstić information content (AvgIpc) is 3.09. The summed E-state index contributed by atoms with van der Waals surface area (Å²) in [6, 6.07) is 16.9. The number of rotatable bonds is 3. The van der Waals surface area contributed by atoms with Crippen molar-refractivity contribution in [2.75, 3.05) is 26.2 Å². The first-order valence-corrected chi connectivity index (χ1v) is 12.6. The fraction of sp³-hybridized carbons (Fsp3) is 0.231. The van der Waals surface area contributed by atoms with E-state index in [1.165, 1.54) is 42.5 Å². The van der Waals surface area contributed by atoms with Gasteiger partial charge in [0.25, 0.3) is 5.91 Å². The molecule has 1 fully saturated rings. The summed E-state index contributed by atoms with van der Waals surface area (Å²) >= 11 is 0. The maximum atomic E-state index is 13.3. The highest BCUT2D eigenvalue weighted by Crippen LogP contribution is 2.35. The van der Waals surface area contributed by atoms with Crippen LogP contribution in [0.1, 0.15) is 38.3 Å². The minimum Gasteiger partial charge on any atom is -0.337 e. The molecule has 2 aliphatic rings. The van der Waals surface area contributed by atoms with E-state index in [9.17, 15) is 22.4 Å². The molecule has 8 heteroatoms. The van der Waals surface area contributed by atoms with Gasteiger partial charge in [-0.15, -0.1) is 0 Å². The molecule has 3 aromatic carbocycles. The Labute approximate surface area is 197 Å². The third kappa shape index (κ3) is 4.03. The van der Waals surface area contributed by atoms with E-state index in [0.717, 1.165) is 18.5 Å². The molecule has 0 unspecified atom stereocenters. The quantitative estimate of drug-likeness (QED) is 0.450. The number of halogens is 1. The standard InChI is InChI=1S/C26H23FN2O4S/c27-20-9-6-18(7-10-20)17-28-12-3-13-29(15-14-28)26(31)19-8-11-22-24(16-19)34(32,33)23-5-2-1-4-21(23)25(22)30/h1-2,4-11,16H,3,12-15,17H2. The third-order valence-corrected chi connectivity index (χ3v) is 8.23. The number of amides is 1. The van der Waals surface area contributed by atoms with E-state index >= 15 is 0 Å². The number of hydrogen-bond acceptors (Lipinski definition) is 5. The molecular formula is C26H23FN2O4S. The van der Waals surface area contributed by atoms with Crippen molar-refractivity contribution in [1.82, 2.24) is 9.80 Å². The molecule has 0 N–H and O–H groups in total. The number of carbonyl (C=O) groups is 2. The number of nitrogens with zero attached hydrogens (tertiary/aromatic N) is 2. The first-order chi connectivity index (χ1) is 16.3. The molecular weight excluding hydrogens is 455 g/mol. The summed E-state index contributed by atoms with van der Waals surface area (Å²) < 4.78 is 39.5. The van der Waals surface area contributed by atoms with Crippen LogP contribution in [-0.2, 0) is 16.4 Å². The van der Waals surface area contributed by atoms with Crippen LogP contribution in [0.25, 0.3) is 0 Å². The SMILES string of the molecule is O=C1c2ccccc2S(=O)(=O)c2cc(C(=O)N3CCCN(Cc4ccc(F)cc4)CC3)ccc21. The van der Waals surface area contributed by atoms with E-state index in [1.54, 1.807) is 29.2 Å². The lowest BCUT2D eigenvalue weighted by Crippen LogP contribution is -2.35. The second-order valence-electron chi connectivity index (χ2n) is 8.59. The summed E-state index contributed by atoms with van der Waals surface area (Å²) in [6.45, 7) is 3.15. The van der Waals surface area contributed by atoms with Crippen molar-refractivity contribution >= 4 is 21.5 Å². The Balaban J connectivity index is 1.35. The molecule has 34 heavy (non-hydrogen) atoms. The number of fused-ring (bicyclic) bond motifs is 2. The van der Waals surface area contributed by atoms with Gasteiger partial charge in [0.15, 0.2) is 5.78 Å². The van der Waals surface area contributed by atoms with E-state index < -0.39 is 9.84 Å². The molecule has 0 aromatic heterocycles. The van der Waals surface area contributed by atoms with Crippen molar-refractivity contribution in [3.05, 3.63) is 94.8 Å². The van der Waals surface area contributed by atoms with Crippen molar-refractivity contribution in [3.8, 4) is 0 Å². The summed E-state index contributed by atoms with van der Waals surface area (Å²) in [7, 11) is -3.90. The van der Waals surface area contributed by atoms with Gasteiger partial charge in [-0.25, -0.2) is 12.8 Å².